The standard InChI is InChI=1S/C16H25NO/c1-3-4-5-9-14-17(2)16(18)13-12-15-10-7-6-8-11-15/h6-8,10-11H,3-5,9,12-14H2,1-2H3. The zero-order valence-corrected chi connectivity index (χ0v) is 11.7. The van der Waals surface area contributed by atoms with Crippen LogP contribution in [0.5, 0.6) is 0 Å². The lowest BCUT2D eigenvalue weighted by molar-refractivity contribution is -0.129. The molecule has 1 aromatic carbocycles. The van der Waals surface area contributed by atoms with E-state index >= 15 is 0 Å². The van der Waals surface area contributed by atoms with Gasteiger partial charge in [-0.2, -0.15) is 0 Å². The Balaban J connectivity index is 2.19. The number of hydrogen-bond acceptors (Lipinski definition) is 1. The van der Waals surface area contributed by atoms with Crippen molar-refractivity contribution in [2.45, 2.75) is 45.4 Å². The molecular formula is C16H25NO. The van der Waals surface area contributed by atoms with Crippen LogP contribution in [0.15, 0.2) is 30.3 Å². The van der Waals surface area contributed by atoms with Crippen LogP contribution >= 0.6 is 0 Å². The zero-order valence-electron chi connectivity index (χ0n) is 11.7. The van der Waals surface area contributed by atoms with E-state index in [1.807, 2.05) is 30.1 Å². The van der Waals surface area contributed by atoms with Crippen LogP contribution in [-0.4, -0.2) is 24.4 Å². The van der Waals surface area contributed by atoms with Crippen LogP contribution in [-0.2, 0) is 11.2 Å². The molecule has 0 aliphatic carbocycles. The second kappa shape index (κ2) is 8.73. The molecule has 2 nitrogen and oxygen atoms in total. The number of carbonyl (C=O) groups is 1. The molecule has 1 aromatic rings. The molecule has 18 heavy (non-hydrogen) atoms. The van der Waals surface area contributed by atoms with E-state index in [9.17, 15) is 4.79 Å². The highest BCUT2D eigenvalue weighted by atomic mass is 16.2. The van der Waals surface area contributed by atoms with E-state index in [-0.39, 0.29) is 5.91 Å². The van der Waals surface area contributed by atoms with Gasteiger partial charge < -0.3 is 4.90 Å². The summed E-state index contributed by atoms with van der Waals surface area (Å²) in [6.45, 7) is 3.10. The van der Waals surface area contributed by atoms with E-state index in [2.05, 4.69) is 19.1 Å². The number of carbonyl (C=O) groups excluding carboxylic acids is 1. The van der Waals surface area contributed by atoms with Gasteiger partial charge in [0.25, 0.3) is 0 Å². The third-order valence-electron chi connectivity index (χ3n) is 3.24. The van der Waals surface area contributed by atoms with Crippen molar-refractivity contribution in [3.63, 3.8) is 0 Å². The van der Waals surface area contributed by atoms with Crippen LogP contribution in [0.4, 0.5) is 0 Å². The van der Waals surface area contributed by atoms with Crippen molar-refractivity contribution in [3.05, 3.63) is 35.9 Å². The maximum atomic E-state index is 11.9. The molecule has 0 saturated carbocycles. The molecular weight excluding hydrogens is 222 g/mol. The van der Waals surface area contributed by atoms with E-state index in [1.54, 1.807) is 0 Å². The van der Waals surface area contributed by atoms with Gasteiger partial charge in [0.2, 0.25) is 5.91 Å². The monoisotopic (exact) mass is 247 g/mol. The van der Waals surface area contributed by atoms with Crippen LogP contribution in [0.1, 0.15) is 44.6 Å². The normalized spacial score (nSPS) is 10.3. The maximum Gasteiger partial charge on any atom is 0.222 e. The highest BCUT2D eigenvalue weighted by molar-refractivity contribution is 5.76. The number of amides is 1. The molecule has 100 valence electrons. The number of nitrogens with zero attached hydrogens (tertiary/aromatic N) is 1. The molecule has 0 aromatic heterocycles. The first-order valence-corrected chi connectivity index (χ1v) is 7.02. The van der Waals surface area contributed by atoms with Crippen molar-refractivity contribution in [2.24, 2.45) is 0 Å². The summed E-state index contributed by atoms with van der Waals surface area (Å²) >= 11 is 0. The van der Waals surface area contributed by atoms with Crippen LogP contribution in [0.25, 0.3) is 0 Å². The summed E-state index contributed by atoms with van der Waals surface area (Å²) in [7, 11) is 1.92. The Morgan fingerprint density at radius 1 is 1.11 bits per heavy atom. The third kappa shape index (κ3) is 5.85. The SMILES string of the molecule is CCCCCCN(C)C(=O)CCc1ccccc1. The van der Waals surface area contributed by atoms with Gasteiger partial charge in [-0.1, -0.05) is 56.5 Å². The summed E-state index contributed by atoms with van der Waals surface area (Å²) < 4.78 is 0. The second-order valence-corrected chi connectivity index (χ2v) is 4.86. The Labute approximate surface area is 111 Å². The molecule has 0 radical (unpaired) electrons. The molecule has 2 heteroatoms. The molecule has 0 aliphatic heterocycles. The fraction of sp³-hybridized carbons (Fsp3) is 0.562. The zero-order chi connectivity index (χ0) is 13.2. The average molecular weight is 247 g/mol. The van der Waals surface area contributed by atoms with Crippen LogP contribution in [0.2, 0.25) is 0 Å². The average Bonchev–Trinajstić information content (AvgIpc) is 2.42. The highest BCUT2D eigenvalue weighted by Crippen LogP contribution is 2.05. The Morgan fingerprint density at radius 3 is 2.50 bits per heavy atom. The lowest BCUT2D eigenvalue weighted by Crippen LogP contribution is -2.27. The van der Waals surface area contributed by atoms with E-state index in [4.69, 9.17) is 0 Å². The predicted octanol–water partition coefficient (Wildman–Crippen LogP) is 3.66. The fourth-order valence-corrected chi connectivity index (χ4v) is 1.99. The Bertz CT molecular complexity index is 334. The largest absolute Gasteiger partial charge is 0.346 e. The second-order valence-electron chi connectivity index (χ2n) is 4.86. The topological polar surface area (TPSA) is 20.3 Å². The molecule has 0 unspecified atom stereocenters. The van der Waals surface area contributed by atoms with Gasteiger partial charge in [0.15, 0.2) is 0 Å². The van der Waals surface area contributed by atoms with Gasteiger partial charge in [-0.25, -0.2) is 0 Å². The van der Waals surface area contributed by atoms with Crippen molar-refractivity contribution >= 4 is 5.91 Å². The van der Waals surface area contributed by atoms with Gasteiger partial charge in [-0.05, 0) is 18.4 Å². The van der Waals surface area contributed by atoms with Gasteiger partial charge in [0, 0.05) is 20.0 Å². The number of unbranched alkanes of at least 4 members (excludes halogenated alkanes) is 3. The number of rotatable bonds is 8. The first-order valence-electron chi connectivity index (χ1n) is 7.02. The minimum atomic E-state index is 0.260. The summed E-state index contributed by atoms with van der Waals surface area (Å²) in [5.41, 5.74) is 1.24. The molecule has 0 atom stereocenters. The first kappa shape index (κ1) is 14.7. The van der Waals surface area contributed by atoms with Crippen LogP contribution in [0.3, 0.4) is 0 Å². The maximum absolute atomic E-state index is 11.9. The first-order chi connectivity index (χ1) is 8.74. The lowest BCUT2D eigenvalue weighted by Gasteiger charge is -2.17. The van der Waals surface area contributed by atoms with E-state index in [0.29, 0.717) is 6.42 Å². The predicted molar refractivity (Wildman–Crippen MR) is 76.5 cm³/mol. The number of benzene rings is 1. The summed E-state index contributed by atoms with van der Waals surface area (Å²) in [5, 5.41) is 0. The fourth-order valence-electron chi connectivity index (χ4n) is 1.99. The molecule has 0 aliphatic rings. The van der Waals surface area contributed by atoms with Crippen LogP contribution < -0.4 is 0 Å². The molecule has 0 heterocycles. The lowest BCUT2D eigenvalue weighted by atomic mass is 10.1. The van der Waals surface area contributed by atoms with Crippen molar-refractivity contribution in [2.75, 3.05) is 13.6 Å². The van der Waals surface area contributed by atoms with Crippen LogP contribution in [0, 0.1) is 0 Å². The molecule has 0 spiro atoms. The van der Waals surface area contributed by atoms with Crippen molar-refractivity contribution in [3.8, 4) is 0 Å². The van der Waals surface area contributed by atoms with Gasteiger partial charge in [0.05, 0.1) is 0 Å². The Hall–Kier alpha value is -1.31. The minimum absolute atomic E-state index is 0.260. The summed E-state index contributed by atoms with van der Waals surface area (Å²) in [6, 6.07) is 10.2. The number of hydrogen-bond donors (Lipinski definition) is 0. The molecule has 0 fully saturated rings. The van der Waals surface area contributed by atoms with E-state index < -0.39 is 0 Å². The van der Waals surface area contributed by atoms with Gasteiger partial charge in [-0.3, -0.25) is 4.79 Å². The smallest absolute Gasteiger partial charge is 0.222 e. The molecule has 0 N–H and O–H groups in total. The molecule has 1 amide bonds. The summed E-state index contributed by atoms with van der Waals surface area (Å²) in [5.74, 6) is 0.260. The van der Waals surface area contributed by atoms with Gasteiger partial charge >= 0.3 is 0 Å². The van der Waals surface area contributed by atoms with Crippen molar-refractivity contribution in [1.82, 2.24) is 4.90 Å². The van der Waals surface area contributed by atoms with Gasteiger partial charge in [-0.15, -0.1) is 0 Å². The Kier molecular flexibility index (Phi) is 7.16. The third-order valence-corrected chi connectivity index (χ3v) is 3.24. The molecule has 1 rings (SSSR count). The Morgan fingerprint density at radius 2 is 1.83 bits per heavy atom. The summed E-state index contributed by atoms with van der Waals surface area (Å²) in [6.07, 6.45) is 6.33. The molecule has 0 saturated heterocycles. The number of aryl methyl sites for hydroxylation is 1. The quantitative estimate of drug-likeness (QED) is 0.642. The van der Waals surface area contributed by atoms with Crippen molar-refractivity contribution < 1.29 is 4.79 Å². The van der Waals surface area contributed by atoms with E-state index in [0.717, 1.165) is 19.4 Å². The summed E-state index contributed by atoms with van der Waals surface area (Å²) in [4.78, 5) is 13.8. The minimum Gasteiger partial charge on any atom is -0.346 e. The van der Waals surface area contributed by atoms with E-state index in [1.165, 1.54) is 24.8 Å². The highest BCUT2D eigenvalue weighted by Gasteiger charge is 2.07. The molecule has 0 bridgehead atoms. The van der Waals surface area contributed by atoms with Gasteiger partial charge in [0.1, 0.15) is 0 Å². The van der Waals surface area contributed by atoms with Crippen molar-refractivity contribution in [1.29, 1.82) is 0 Å².